The summed E-state index contributed by atoms with van der Waals surface area (Å²) in [5, 5.41) is 2.95. The average molecular weight is 278 g/mol. The molecule has 1 rings (SSSR count). The Morgan fingerprint density at radius 1 is 1.25 bits per heavy atom. The van der Waals surface area contributed by atoms with Crippen molar-refractivity contribution in [3.8, 4) is 0 Å². The number of rotatable bonds is 6. The number of nitrogens with one attached hydrogen (secondary N) is 1. The van der Waals surface area contributed by atoms with Crippen molar-refractivity contribution in [3.63, 3.8) is 0 Å². The second-order valence-electron chi connectivity index (χ2n) is 5.89. The van der Waals surface area contributed by atoms with E-state index in [9.17, 15) is 4.79 Å². The minimum atomic E-state index is -0.484. The lowest BCUT2D eigenvalue weighted by molar-refractivity contribution is 0.0500. The number of ether oxygens (including phenoxy) is 1. The summed E-state index contributed by atoms with van der Waals surface area (Å²) in [4.78, 5) is 11.9. The van der Waals surface area contributed by atoms with E-state index in [-0.39, 0.29) is 12.1 Å². The Balaban J connectivity index is 2.65. The summed E-state index contributed by atoms with van der Waals surface area (Å²) in [5.41, 5.74) is 6.14. The molecule has 3 N–H and O–H groups in total. The highest BCUT2D eigenvalue weighted by Crippen LogP contribution is 2.20. The molecule has 4 heteroatoms. The van der Waals surface area contributed by atoms with E-state index in [2.05, 4.69) is 5.32 Å². The molecule has 0 radical (unpaired) electrons. The Kier molecular flexibility index (Phi) is 6.52. The molecule has 4 nitrogen and oxygen atoms in total. The molecule has 1 atom stereocenters. The Labute approximate surface area is 121 Å². The summed E-state index contributed by atoms with van der Waals surface area (Å²) in [6.45, 7) is 6.25. The first-order chi connectivity index (χ1) is 9.42. The number of benzene rings is 1. The van der Waals surface area contributed by atoms with Crippen molar-refractivity contribution < 1.29 is 9.53 Å². The molecular formula is C16H26N2O2. The summed E-state index contributed by atoms with van der Waals surface area (Å²) in [6.07, 6.45) is 2.42. The van der Waals surface area contributed by atoms with Gasteiger partial charge in [-0.15, -0.1) is 0 Å². The fraction of sp³-hybridized carbons (Fsp3) is 0.562. The van der Waals surface area contributed by atoms with Crippen LogP contribution >= 0.6 is 0 Å². The molecule has 1 unspecified atom stereocenters. The molecule has 0 spiro atoms. The van der Waals surface area contributed by atoms with E-state index in [1.54, 1.807) is 0 Å². The van der Waals surface area contributed by atoms with Crippen LogP contribution in [-0.4, -0.2) is 18.2 Å². The second kappa shape index (κ2) is 7.90. The van der Waals surface area contributed by atoms with E-state index in [1.165, 1.54) is 0 Å². The molecule has 1 aromatic rings. The van der Waals surface area contributed by atoms with Crippen molar-refractivity contribution in [2.24, 2.45) is 5.73 Å². The molecule has 0 aromatic heterocycles. The van der Waals surface area contributed by atoms with Gasteiger partial charge in [-0.25, -0.2) is 4.79 Å². The number of alkyl carbamates (subject to hydrolysis) is 1. The van der Waals surface area contributed by atoms with Crippen molar-refractivity contribution in [1.82, 2.24) is 5.32 Å². The van der Waals surface area contributed by atoms with Gasteiger partial charge in [-0.2, -0.15) is 0 Å². The molecular weight excluding hydrogens is 252 g/mol. The van der Waals surface area contributed by atoms with E-state index in [0.717, 1.165) is 24.8 Å². The number of nitrogens with two attached hydrogens (primary N) is 1. The molecule has 0 aliphatic carbocycles. The van der Waals surface area contributed by atoms with E-state index < -0.39 is 5.60 Å². The van der Waals surface area contributed by atoms with Crippen LogP contribution in [0.4, 0.5) is 4.79 Å². The van der Waals surface area contributed by atoms with Gasteiger partial charge in [-0.1, -0.05) is 30.3 Å². The van der Waals surface area contributed by atoms with Gasteiger partial charge in [0, 0.05) is 0 Å². The summed E-state index contributed by atoms with van der Waals surface area (Å²) in [5.74, 6) is 0. The molecule has 1 amide bonds. The third kappa shape index (κ3) is 6.57. The Morgan fingerprint density at radius 3 is 2.45 bits per heavy atom. The number of hydrogen-bond acceptors (Lipinski definition) is 3. The Hall–Kier alpha value is -1.55. The molecule has 1 aromatic carbocycles. The Morgan fingerprint density at radius 2 is 1.90 bits per heavy atom. The van der Waals surface area contributed by atoms with Gasteiger partial charge in [0.2, 0.25) is 0 Å². The van der Waals surface area contributed by atoms with Gasteiger partial charge in [0.05, 0.1) is 6.04 Å². The minimum absolute atomic E-state index is 0.0300. The third-order valence-corrected chi connectivity index (χ3v) is 2.84. The van der Waals surface area contributed by atoms with Crippen LogP contribution in [0.25, 0.3) is 0 Å². The molecule has 0 saturated heterocycles. The smallest absolute Gasteiger partial charge is 0.408 e. The van der Waals surface area contributed by atoms with Gasteiger partial charge in [-0.3, -0.25) is 0 Å². The molecule has 20 heavy (non-hydrogen) atoms. The summed E-state index contributed by atoms with van der Waals surface area (Å²) >= 11 is 0. The van der Waals surface area contributed by atoms with Crippen LogP contribution in [0.2, 0.25) is 0 Å². The van der Waals surface area contributed by atoms with Crippen LogP contribution in [0, 0.1) is 0 Å². The third-order valence-electron chi connectivity index (χ3n) is 2.84. The lowest BCUT2D eigenvalue weighted by atomic mass is 10.0. The largest absolute Gasteiger partial charge is 0.444 e. The van der Waals surface area contributed by atoms with E-state index in [1.807, 2.05) is 51.1 Å². The first-order valence-corrected chi connectivity index (χ1v) is 7.17. The standard InChI is InChI=1S/C16H26N2O2/c1-16(2,3)20-15(19)18-14(11-7-8-12-17)13-9-5-4-6-10-13/h4-6,9-10,14H,7-8,11-12,17H2,1-3H3,(H,18,19). The van der Waals surface area contributed by atoms with Gasteiger partial charge < -0.3 is 15.8 Å². The van der Waals surface area contributed by atoms with Gasteiger partial charge in [0.1, 0.15) is 5.60 Å². The van der Waals surface area contributed by atoms with E-state index in [4.69, 9.17) is 10.5 Å². The predicted octanol–water partition coefficient (Wildman–Crippen LogP) is 3.38. The van der Waals surface area contributed by atoms with Crippen molar-refractivity contribution >= 4 is 6.09 Å². The van der Waals surface area contributed by atoms with Crippen LogP contribution < -0.4 is 11.1 Å². The van der Waals surface area contributed by atoms with Gasteiger partial charge in [0.25, 0.3) is 0 Å². The monoisotopic (exact) mass is 278 g/mol. The molecule has 112 valence electrons. The fourth-order valence-electron chi connectivity index (χ4n) is 1.95. The normalized spacial score (nSPS) is 12.8. The second-order valence-corrected chi connectivity index (χ2v) is 5.89. The highest BCUT2D eigenvalue weighted by Gasteiger charge is 2.20. The van der Waals surface area contributed by atoms with E-state index in [0.29, 0.717) is 6.54 Å². The van der Waals surface area contributed by atoms with Gasteiger partial charge in [-0.05, 0) is 52.1 Å². The van der Waals surface area contributed by atoms with E-state index >= 15 is 0 Å². The quantitative estimate of drug-likeness (QED) is 0.784. The van der Waals surface area contributed by atoms with Crippen LogP contribution in [0.1, 0.15) is 51.6 Å². The highest BCUT2D eigenvalue weighted by molar-refractivity contribution is 5.68. The number of amides is 1. The lowest BCUT2D eigenvalue weighted by Crippen LogP contribution is -2.35. The summed E-state index contributed by atoms with van der Waals surface area (Å²) in [7, 11) is 0. The molecule has 0 heterocycles. The number of unbranched alkanes of at least 4 members (excludes halogenated alkanes) is 1. The number of hydrogen-bond donors (Lipinski definition) is 2. The van der Waals surface area contributed by atoms with Crippen LogP contribution in [0.3, 0.4) is 0 Å². The first kappa shape index (κ1) is 16.5. The predicted molar refractivity (Wildman–Crippen MR) is 81.5 cm³/mol. The zero-order chi connectivity index (χ0) is 15.0. The molecule has 0 aliphatic heterocycles. The topological polar surface area (TPSA) is 64.3 Å². The average Bonchev–Trinajstić information content (AvgIpc) is 2.37. The van der Waals surface area contributed by atoms with Crippen LogP contribution in [0.5, 0.6) is 0 Å². The zero-order valence-electron chi connectivity index (χ0n) is 12.7. The van der Waals surface area contributed by atoms with Crippen LogP contribution in [-0.2, 0) is 4.74 Å². The lowest BCUT2D eigenvalue weighted by Gasteiger charge is -2.24. The number of carbonyl (C=O) groups excluding carboxylic acids is 1. The van der Waals surface area contributed by atoms with Crippen molar-refractivity contribution in [1.29, 1.82) is 0 Å². The molecule has 0 bridgehead atoms. The molecule has 0 aliphatic rings. The highest BCUT2D eigenvalue weighted by atomic mass is 16.6. The van der Waals surface area contributed by atoms with Crippen molar-refractivity contribution in [3.05, 3.63) is 35.9 Å². The van der Waals surface area contributed by atoms with Crippen molar-refractivity contribution in [2.45, 2.75) is 51.7 Å². The maximum absolute atomic E-state index is 11.9. The van der Waals surface area contributed by atoms with Crippen LogP contribution in [0.15, 0.2) is 30.3 Å². The number of carbonyl (C=O) groups is 1. The minimum Gasteiger partial charge on any atom is -0.444 e. The molecule has 0 fully saturated rings. The summed E-state index contributed by atoms with van der Waals surface area (Å²) < 4.78 is 5.32. The molecule has 0 saturated carbocycles. The SMILES string of the molecule is CC(C)(C)OC(=O)NC(CCCCN)c1ccccc1. The zero-order valence-corrected chi connectivity index (χ0v) is 12.7. The maximum Gasteiger partial charge on any atom is 0.408 e. The van der Waals surface area contributed by atoms with Gasteiger partial charge in [0.15, 0.2) is 0 Å². The first-order valence-electron chi connectivity index (χ1n) is 7.17. The summed E-state index contributed by atoms with van der Waals surface area (Å²) in [6, 6.07) is 9.92. The van der Waals surface area contributed by atoms with Gasteiger partial charge >= 0.3 is 6.09 Å². The maximum atomic E-state index is 11.9. The van der Waals surface area contributed by atoms with Crippen molar-refractivity contribution in [2.75, 3.05) is 6.54 Å². The Bertz CT molecular complexity index is 399. The fourth-order valence-corrected chi connectivity index (χ4v) is 1.95.